The highest BCUT2D eigenvalue weighted by Crippen LogP contribution is 2.23. The molecule has 0 aliphatic carbocycles. The van der Waals surface area contributed by atoms with Crippen LogP contribution in [0.15, 0.2) is 87.8 Å². The molecule has 0 spiro atoms. The molecule has 1 aromatic heterocycles. The van der Waals surface area contributed by atoms with Crippen molar-refractivity contribution in [2.75, 3.05) is 5.75 Å². The summed E-state index contributed by atoms with van der Waals surface area (Å²) < 4.78 is 1.52. The number of para-hydroxylation sites is 2. The van der Waals surface area contributed by atoms with Gasteiger partial charge in [0.25, 0.3) is 11.5 Å². The van der Waals surface area contributed by atoms with Gasteiger partial charge in [-0.1, -0.05) is 71.4 Å². The Morgan fingerprint density at radius 3 is 2.52 bits per heavy atom. The van der Waals surface area contributed by atoms with Crippen molar-refractivity contribution in [1.82, 2.24) is 15.0 Å². The zero-order valence-corrected chi connectivity index (χ0v) is 19.8. The van der Waals surface area contributed by atoms with Crippen molar-refractivity contribution in [1.29, 1.82) is 0 Å². The van der Waals surface area contributed by atoms with Gasteiger partial charge in [0.05, 0.1) is 38.1 Å². The van der Waals surface area contributed by atoms with Crippen molar-refractivity contribution >= 4 is 57.5 Å². The van der Waals surface area contributed by atoms with Crippen LogP contribution in [0.3, 0.4) is 0 Å². The van der Waals surface area contributed by atoms with Crippen LogP contribution in [0.1, 0.15) is 12.5 Å². The number of hydrogen-bond acceptors (Lipinski definition) is 5. The van der Waals surface area contributed by atoms with Gasteiger partial charge in [-0.05, 0) is 48.9 Å². The Labute approximate surface area is 204 Å². The normalized spacial score (nSPS) is 11.5. The number of aromatic nitrogens is 2. The molecule has 0 aliphatic heterocycles. The first-order chi connectivity index (χ1) is 15.9. The van der Waals surface area contributed by atoms with Gasteiger partial charge < -0.3 is 0 Å². The lowest BCUT2D eigenvalue weighted by atomic mass is 10.1. The second-order valence-electron chi connectivity index (χ2n) is 7.04. The van der Waals surface area contributed by atoms with E-state index in [0.29, 0.717) is 37.5 Å². The van der Waals surface area contributed by atoms with E-state index in [4.69, 9.17) is 23.2 Å². The largest absolute Gasteiger partial charge is 0.272 e. The average Bonchev–Trinajstić information content (AvgIpc) is 2.83. The summed E-state index contributed by atoms with van der Waals surface area (Å²) in [4.78, 5) is 30.3. The van der Waals surface area contributed by atoms with Crippen molar-refractivity contribution in [3.8, 4) is 5.69 Å². The highest BCUT2D eigenvalue weighted by molar-refractivity contribution is 7.99. The molecule has 0 atom stereocenters. The lowest BCUT2D eigenvalue weighted by Crippen LogP contribution is -2.24. The molecule has 0 bridgehead atoms. The summed E-state index contributed by atoms with van der Waals surface area (Å²) in [6.45, 7) is 1.75. The molecule has 0 radical (unpaired) electrons. The number of rotatable bonds is 6. The van der Waals surface area contributed by atoms with Gasteiger partial charge in [-0.3, -0.25) is 14.2 Å². The molecule has 1 amide bonds. The number of hydrogen-bond donors (Lipinski definition) is 1. The minimum atomic E-state index is -0.332. The molecule has 0 fully saturated rings. The fourth-order valence-corrected chi connectivity index (χ4v) is 4.21. The van der Waals surface area contributed by atoms with Crippen LogP contribution in [0.4, 0.5) is 0 Å². The van der Waals surface area contributed by atoms with Crippen LogP contribution in [-0.2, 0) is 4.79 Å². The third kappa shape index (κ3) is 5.27. The summed E-state index contributed by atoms with van der Waals surface area (Å²) >= 11 is 13.2. The maximum atomic E-state index is 13.2. The average molecular weight is 497 g/mol. The first-order valence-electron chi connectivity index (χ1n) is 9.92. The Kier molecular flexibility index (Phi) is 7.13. The van der Waals surface area contributed by atoms with E-state index in [-0.39, 0.29) is 17.2 Å². The zero-order chi connectivity index (χ0) is 23.4. The third-order valence-electron chi connectivity index (χ3n) is 4.78. The maximum Gasteiger partial charge on any atom is 0.266 e. The number of thioether (sulfide) groups is 1. The molecule has 1 N–H and O–H groups in total. The molecule has 33 heavy (non-hydrogen) atoms. The molecule has 0 aliphatic rings. The number of nitrogens with one attached hydrogen (secondary N) is 1. The Morgan fingerprint density at radius 2 is 1.76 bits per heavy atom. The van der Waals surface area contributed by atoms with Crippen LogP contribution >= 0.6 is 35.0 Å². The molecule has 4 aromatic rings. The van der Waals surface area contributed by atoms with Crippen LogP contribution in [0.25, 0.3) is 16.6 Å². The van der Waals surface area contributed by atoms with E-state index in [0.717, 1.165) is 17.3 Å². The number of nitrogens with zero attached hydrogens (tertiary/aromatic N) is 3. The molecule has 0 unspecified atom stereocenters. The molecular weight excluding hydrogens is 479 g/mol. The highest BCUT2D eigenvalue weighted by atomic mass is 35.5. The van der Waals surface area contributed by atoms with Gasteiger partial charge in [-0.2, -0.15) is 5.10 Å². The molecule has 4 rings (SSSR count). The zero-order valence-electron chi connectivity index (χ0n) is 17.5. The van der Waals surface area contributed by atoms with Crippen LogP contribution in [0.2, 0.25) is 10.0 Å². The number of halogens is 2. The predicted molar refractivity (Wildman–Crippen MR) is 135 cm³/mol. The second-order valence-corrected chi connectivity index (χ2v) is 8.79. The van der Waals surface area contributed by atoms with Gasteiger partial charge in [0.2, 0.25) is 0 Å². The lowest BCUT2D eigenvalue weighted by Gasteiger charge is -2.13. The first kappa shape index (κ1) is 23.0. The van der Waals surface area contributed by atoms with Crippen molar-refractivity contribution in [3.63, 3.8) is 0 Å². The number of amides is 1. The van der Waals surface area contributed by atoms with Crippen LogP contribution < -0.4 is 11.0 Å². The third-order valence-corrected chi connectivity index (χ3v) is 6.45. The van der Waals surface area contributed by atoms with E-state index in [1.165, 1.54) is 4.57 Å². The quantitative estimate of drug-likeness (QED) is 0.169. The van der Waals surface area contributed by atoms with Crippen molar-refractivity contribution in [3.05, 3.63) is 98.8 Å². The number of hydrazone groups is 1. The predicted octanol–water partition coefficient (Wildman–Crippen LogP) is 5.33. The molecule has 9 heteroatoms. The topological polar surface area (TPSA) is 76.3 Å². The minimum absolute atomic E-state index is 0.0236. The van der Waals surface area contributed by atoms with Gasteiger partial charge in [0.1, 0.15) is 0 Å². The summed E-state index contributed by atoms with van der Waals surface area (Å²) in [7, 11) is 0. The number of carbonyl (C=O) groups excluding carboxylic acids is 1. The molecule has 3 aromatic carbocycles. The van der Waals surface area contributed by atoms with Gasteiger partial charge in [-0.25, -0.2) is 10.4 Å². The van der Waals surface area contributed by atoms with E-state index in [1.807, 2.05) is 36.4 Å². The van der Waals surface area contributed by atoms with Crippen molar-refractivity contribution in [2.24, 2.45) is 5.10 Å². The first-order valence-corrected chi connectivity index (χ1v) is 11.7. The molecule has 6 nitrogen and oxygen atoms in total. The van der Waals surface area contributed by atoms with E-state index in [1.54, 1.807) is 43.3 Å². The van der Waals surface area contributed by atoms with E-state index >= 15 is 0 Å². The molecule has 166 valence electrons. The van der Waals surface area contributed by atoms with Crippen LogP contribution in [-0.4, -0.2) is 26.9 Å². The fourth-order valence-electron chi connectivity index (χ4n) is 3.11. The van der Waals surface area contributed by atoms with Gasteiger partial charge in [0, 0.05) is 0 Å². The molecule has 0 saturated carbocycles. The SMILES string of the molecule is C/C(=N/NC(=O)CSc1nc2ccccc2c(=O)n1-c1ccccc1)c1ccc(Cl)c(Cl)c1. The van der Waals surface area contributed by atoms with Crippen molar-refractivity contribution < 1.29 is 4.79 Å². The smallest absolute Gasteiger partial charge is 0.266 e. The Balaban J connectivity index is 1.56. The number of benzene rings is 3. The van der Waals surface area contributed by atoms with Gasteiger partial charge in [0.15, 0.2) is 5.16 Å². The Hall–Kier alpha value is -3.13. The lowest BCUT2D eigenvalue weighted by molar-refractivity contribution is -0.118. The highest BCUT2D eigenvalue weighted by Gasteiger charge is 2.14. The maximum absolute atomic E-state index is 13.2. The van der Waals surface area contributed by atoms with Crippen molar-refractivity contribution in [2.45, 2.75) is 12.1 Å². The summed E-state index contributed by atoms with van der Waals surface area (Å²) in [5.41, 5.74) is 4.92. The molecule has 1 heterocycles. The Morgan fingerprint density at radius 1 is 1.03 bits per heavy atom. The number of fused-ring (bicyclic) bond motifs is 1. The van der Waals surface area contributed by atoms with Crippen LogP contribution in [0, 0.1) is 0 Å². The summed E-state index contributed by atoms with van der Waals surface area (Å²) in [6.07, 6.45) is 0. The van der Waals surface area contributed by atoms with E-state index in [9.17, 15) is 9.59 Å². The summed E-state index contributed by atoms with van der Waals surface area (Å²) in [6, 6.07) is 21.5. The standard InChI is InChI=1S/C24H18Cl2N4O2S/c1-15(16-11-12-19(25)20(26)13-16)28-29-22(31)14-33-24-27-21-10-6-5-9-18(21)23(32)30(24)17-7-3-2-4-8-17/h2-13H,14H2,1H3,(H,29,31)/b28-15-. The van der Waals surface area contributed by atoms with Gasteiger partial charge >= 0.3 is 0 Å². The number of carbonyl (C=O) groups is 1. The van der Waals surface area contributed by atoms with E-state index in [2.05, 4.69) is 15.5 Å². The second kappa shape index (κ2) is 10.2. The molecular formula is C24H18Cl2N4O2S. The Bertz CT molecular complexity index is 1420. The van der Waals surface area contributed by atoms with Gasteiger partial charge in [-0.15, -0.1) is 0 Å². The van der Waals surface area contributed by atoms with Crippen LogP contribution in [0.5, 0.6) is 0 Å². The fraction of sp³-hybridized carbons (Fsp3) is 0.0833. The molecule has 0 saturated heterocycles. The minimum Gasteiger partial charge on any atom is -0.272 e. The monoisotopic (exact) mass is 496 g/mol. The summed E-state index contributed by atoms with van der Waals surface area (Å²) in [5, 5.41) is 5.93. The van der Waals surface area contributed by atoms with E-state index < -0.39 is 0 Å². The summed E-state index contributed by atoms with van der Waals surface area (Å²) in [5.74, 6) is -0.308.